The van der Waals surface area contributed by atoms with Gasteiger partial charge in [-0.15, -0.1) is 0 Å². The van der Waals surface area contributed by atoms with Crippen LogP contribution in [0.1, 0.15) is 54.5 Å². The molecule has 0 aromatic heterocycles. The van der Waals surface area contributed by atoms with E-state index in [1.165, 1.54) is 37.9 Å². The largest absolute Gasteiger partial charge is 0.508 e. The molecule has 1 unspecified atom stereocenters. The van der Waals surface area contributed by atoms with E-state index >= 15 is 0 Å². The van der Waals surface area contributed by atoms with Crippen molar-refractivity contribution in [2.24, 2.45) is 0 Å². The quantitative estimate of drug-likeness (QED) is 0.453. The molecule has 34 heavy (non-hydrogen) atoms. The van der Waals surface area contributed by atoms with Gasteiger partial charge in [0.1, 0.15) is 23.4 Å². The van der Waals surface area contributed by atoms with Gasteiger partial charge >= 0.3 is 0 Å². The molecule has 0 saturated carbocycles. The lowest BCUT2D eigenvalue weighted by Crippen LogP contribution is -2.29. The smallest absolute Gasteiger partial charge is 0.150 e. The Morgan fingerprint density at radius 3 is 2.44 bits per heavy atom. The van der Waals surface area contributed by atoms with E-state index < -0.39 is 0 Å². The standard InChI is InChI=1S/C30H31NO3/c1-21-27-20-26(33)14-15-28(27)34-30(29(21)24-8-5-9-25(32)19-24)23-12-10-22(11-13-23)7-6-18-31-16-3-2-4-17-31/h5-15,19-20,30,32-33H,2-4,16-18H2,1H3. The number of allylic oxidation sites excluding steroid dienone is 1. The first kappa shape index (κ1) is 22.3. The minimum atomic E-state index is -0.315. The number of rotatable bonds is 5. The van der Waals surface area contributed by atoms with Crippen molar-refractivity contribution in [3.05, 3.63) is 95.1 Å². The number of hydrogen-bond acceptors (Lipinski definition) is 4. The SMILES string of the molecule is CC1=C(c2cccc(O)c2)C(c2ccc(C=CCN3CCCCC3)cc2)Oc2ccc(O)cc21. The van der Waals surface area contributed by atoms with Gasteiger partial charge in [-0.05, 0) is 85.5 Å². The number of phenols is 2. The molecule has 0 aliphatic carbocycles. The molecular formula is C30H31NO3. The van der Waals surface area contributed by atoms with E-state index in [1.54, 1.807) is 24.3 Å². The molecule has 2 heterocycles. The number of aromatic hydroxyl groups is 2. The van der Waals surface area contributed by atoms with Crippen molar-refractivity contribution < 1.29 is 14.9 Å². The normalized spacial score (nSPS) is 18.7. The summed E-state index contributed by atoms with van der Waals surface area (Å²) in [7, 11) is 0. The summed E-state index contributed by atoms with van der Waals surface area (Å²) >= 11 is 0. The number of piperidine rings is 1. The average Bonchev–Trinajstić information content (AvgIpc) is 2.85. The van der Waals surface area contributed by atoms with Gasteiger partial charge in [0.2, 0.25) is 0 Å². The molecule has 0 bridgehead atoms. The van der Waals surface area contributed by atoms with Crippen molar-refractivity contribution in [2.75, 3.05) is 19.6 Å². The molecule has 174 valence electrons. The van der Waals surface area contributed by atoms with Crippen molar-refractivity contribution in [3.8, 4) is 17.2 Å². The Hall–Kier alpha value is -3.50. The summed E-state index contributed by atoms with van der Waals surface area (Å²) in [5.41, 5.74) is 6.00. The molecule has 2 aliphatic rings. The van der Waals surface area contributed by atoms with Gasteiger partial charge in [-0.25, -0.2) is 0 Å². The zero-order valence-corrected chi connectivity index (χ0v) is 19.6. The van der Waals surface area contributed by atoms with E-state index in [0.29, 0.717) is 0 Å². The molecule has 4 heteroatoms. The zero-order valence-electron chi connectivity index (χ0n) is 19.6. The fourth-order valence-corrected chi connectivity index (χ4v) is 4.98. The summed E-state index contributed by atoms with van der Waals surface area (Å²) in [6.45, 7) is 5.45. The maximum atomic E-state index is 10.1. The number of benzene rings is 3. The van der Waals surface area contributed by atoms with Gasteiger partial charge in [-0.1, -0.05) is 55.0 Å². The third-order valence-electron chi connectivity index (χ3n) is 6.80. The number of phenolic OH excluding ortho intramolecular Hbond substituents is 2. The second-order valence-corrected chi connectivity index (χ2v) is 9.20. The van der Waals surface area contributed by atoms with Gasteiger partial charge in [-0.3, -0.25) is 4.90 Å². The summed E-state index contributed by atoms with van der Waals surface area (Å²) in [4.78, 5) is 2.51. The van der Waals surface area contributed by atoms with Crippen LogP contribution in [0.2, 0.25) is 0 Å². The highest BCUT2D eigenvalue weighted by Crippen LogP contribution is 2.47. The Labute approximate surface area is 201 Å². The summed E-state index contributed by atoms with van der Waals surface area (Å²) in [6.07, 6.45) is 8.10. The molecule has 5 rings (SSSR count). The van der Waals surface area contributed by atoms with Crippen LogP contribution in [0.15, 0.2) is 72.8 Å². The summed E-state index contributed by atoms with van der Waals surface area (Å²) in [6, 6.07) is 21.0. The molecule has 2 aliphatic heterocycles. The van der Waals surface area contributed by atoms with E-state index in [9.17, 15) is 10.2 Å². The fraction of sp³-hybridized carbons (Fsp3) is 0.267. The van der Waals surface area contributed by atoms with E-state index in [0.717, 1.165) is 40.1 Å². The van der Waals surface area contributed by atoms with Crippen LogP contribution in [0.25, 0.3) is 17.2 Å². The maximum absolute atomic E-state index is 10.1. The topological polar surface area (TPSA) is 52.9 Å². The van der Waals surface area contributed by atoms with Crippen molar-refractivity contribution >= 4 is 17.2 Å². The third-order valence-corrected chi connectivity index (χ3v) is 6.80. The Bertz CT molecular complexity index is 1220. The van der Waals surface area contributed by atoms with Crippen molar-refractivity contribution in [2.45, 2.75) is 32.3 Å². The Kier molecular flexibility index (Phi) is 6.41. The predicted molar refractivity (Wildman–Crippen MR) is 138 cm³/mol. The molecule has 4 nitrogen and oxygen atoms in total. The van der Waals surface area contributed by atoms with Crippen molar-refractivity contribution in [1.82, 2.24) is 4.90 Å². The van der Waals surface area contributed by atoms with Gasteiger partial charge in [0.25, 0.3) is 0 Å². The number of nitrogens with zero attached hydrogens (tertiary/aromatic N) is 1. The van der Waals surface area contributed by atoms with E-state index in [-0.39, 0.29) is 17.6 Å². The van der Waals surface area contributed by atoms with Crippen LogP contribution in [0.5, 0.6) is 17.2 Å². The van der Waals surface area contributed by atoms with Gasteiger partial charge in [0.05, 0.1) is 0 Å². The third kappa shape index (κ3) is 4.73. The molecular weight excluding hydrogens is 422 g/mol. The summed E-state index contributed by atoms with van der Waals surface area (Å²) < 4.78 is 6.48. The molecule has 0 radical (unpaired) electrons. The van der Waals surface area contributed by atoms with Crippen LogP contribution in [0, 0.1) is 0 Å². The van der Waals surface area contributed by atoms with Gasteiger partial charge in [-0.2, -0.15) is 0 Å². The Morgan fingerprint density at radius 2 is 1.68 bits per heavy atom. The van der Waals surface area contributed by atoms with Crippen LogP contribution in [-0.2, 0) is 0 Å². The lowest BCUT2D eigenvalue weighted by molar-refractivity contribution is 0.252. The number of fused-ring (bicyclic) bond motifs is 1. The lowest BCUT2D eigenvalue weighted by atomic mass is 9.86. The van der Waals surface area contributed by atoms with Gasteiger partial charge in [0, 0.05) is 17.7 Å². The molecule has 3 aromatic carbocycles. The number of likely N-dealkylation sites (tertiary alicyclic amines) is 1. The summed E-state index contributed by atoms with van der Waals surface area (Å²) in [5, 5.41) is 20.2. The fourth-order valence-electron chi connectivity index (χ4n) is 4.98. The van der Waals surface area contributed by atoms with Crippen LogP contribution >= 0.6 is 0 Å². The van der Waals surface area contributed by atoms with Gasteiger partial charge in [0.15, 0.2) is 0 Å². The molecule has 1 atom stereocenters. The van der Waals surface area contributed by atoms with Crippen LogP contribution in [-0.4, -0.2) is 34.7 Å². The second-order valence-electron chi connectivity index (χ2n) is 9.20. The van der Waals surface area contributed by atoms with Crippen molar-refractivity contribution in [1.29, 1.82) is 0 Å². The first-order valence-electron chi connectivity index (χ1n) is 12.1. The molecule has 0 amide bonds. The zero-order chi connectivity index (χ0) is 23.5. The molecule has 3 aromatic rings. The molecule has 0 spiro atoms. The molecule has 1 saturated heterocycles. The minimum Gasteiger partial charge on any atom is -0.508 e. The van der Waals surface area contributed by atoms with Crippen LogP contribution in [0.3, 0.4) is 0 Å². The highest BCUT2D eigenvalue weighted by molar-refractivity contribution is 5.95. The average molecular weight is 454 g/mol. The Morgan fingerprint density at radius 1 is 0.912 bits per heavy atom. The number of ether oxygens (including phenoxy) is 1. The minimum absolute atomic E-state index is 0.205. The highest BCUT2D eigenvalue weighted by Gasteiger charge is 2.29. The predicted octanol–water partition coefficient (Wildman–Crippen LogP) is 6.66. The summed E-state index contributed by atoms with van der Waals surface area (Å²) in [5.74, 6) is 1.17. The lowest BCUT2D eigenvalue weighted by Gasteiger charge is -2.31. The maximum Gasteiger partial charge on any atom is 0.150 e. The van der Waals surface area contributed by atoms with E-state index in [4.69, 9.17) is 4.74 Å². The molecule has 1 fully saturated rings. The van der Waals surface area contributed by atoms with Gasteiger partial charge < -0.3 is 14.9 Å². The first-order chi connectivity index (χ1) is 16.6. The second kappa shape index (κ2) is 9.78. The molecule has 2 N–H and O–H groups in total. The van der Waals surface area contributed by atoms with E-state index in [1.807, 2.05) is 25.1 Å². The van der Waals surface area contributed by atoms with E-state index in [2.05, 4.69) is 41.3 Å². The van der Waals surface area contributed by atoms with Crippen LogP contribution < -0.4 is 4.74 Å². The highest BCUT2D eigenvalue weighted by atomic mass is 16.5. The van der Waals surface area contributed by atoms with Crippen LogP contribution in [0.4, 0.5) is 0 Å². The Balaban J connectivity index is 1.44. The number of hydrogen-bond donors (Lipinski definition) is 2. The monoisotopic (exact) mass is 453 g/mol. The van der Waals surface area contributed by atoms with Crippen molar-refractivity contribution in [3.63, 3.8) is 0 Å². The first-order valence-corrected chi connectivity index (χ1v) is 12.1.